The van der Waals surface area contributed by atoms with E-state index in [0.29, 0.717) is 11.5 Å². The Balaban J connectivity index is 2.94. The number of methoxy groups -OCH3 is 2. The molecule has 0 saturated carbocycles. The Labute approximate surface area is 99.8 Å². The van der Waals surface area contributed by atoms with Crippen molar-refractivity contribution >= 4 is 17.4 Å². The fourth-order valence-electron chi connectivity index (χ4n) is 1.20. The maximum atomic E-state index is 11.4. The molecule has 0 radical (unpaired) electrons. The summed E-state index contributed by atoms with van der Waals surface area (Å²) in [6, 6.07) is 0.249. The Kier molecular flexibility index (Phi) is 4.65. The van der Waals surface area contributed by atoms with E-state index in [9.17, 15) is 4.79 Å². The standard InChI is InChI=1S/C10H16N4O3/c1-14(2)9-7(12-8(15)6-16-3)5-11-10(13-9)17-4/h5H,6H2,1-4H3,(H,12,15). The van der Waals surface area contributed by atoms with Crippen LogP contribution in [0.2, 0.25) is 0 Å². The third-order valence-electron chi connectivity index (χ3n) is 1.90. The SMILES string of the molecule is COCC(=O)Nc1cnc(OC)nc1N(C)C. The Morgan fingerprint density at radius 1 is 1.47 bits per heavy atom. The fraction of sp³-hybridized carbons (Fsp3) is 0.500. The quantitative estimate of drug-likeness (QED) is 0.788. The van der Waals surface area contributed by atoms with Crippen LogP contribution in [-0.2, 0) is 9.53 Å². The normalized spacial score (nSPS) is 9.88. The Morgan fingerprint density at radius 2 is 2.18 bits per heavy atom. The van der Waals surface area contributed by atoms with Crippen molar-refractivity contribution < 1.29 is 14.3 Å². The van der Waals surface area contributed by atoms with Gasteiger partial charge in [0.05, 0.1) is 13.3 Å². The molecule has 0 bridgehead atoms. The molecule has 94 valence electrons. The second-order valence-electron chi connectivity index (χ2n) is 3.47. The van der Waals surface area contributed by atoms with Gasteiger partial charge in [0.15, 0.2) is 5.82 Å². The van der Waals surface area contributed by atoms with Gasteiger partial charge in [0.2, 0.25) is 5.91 Å². The molecule has 0 unspecified atom stereocenters. The first kappa shape index (κ1) is 13.2. The summed E-state index contributed by atoms with van der Waals surface area (Å²) < 4.78 is 9.66. The van der Waals surface area contributed by atoms with E-state index in [1.807, 2.05) is 14.1 Å². The molecular weight excluding hydrogens is 224 g/mol. The van der Waals surface area contributed by atoms with E-state index in [-0.39, 0.29) is 18.5 Å². The maximum Gasteiger partial charge on any atom is 0.318 e. The number of rotatable bonds is 5. The van der Waals surface area contributed by atoms with E-state index in [0.717, 1.165) is 0 Å². The molecule has 0 atom stereocenters. The molecule has 0 aliphatic rings. The molecule has 0 aliphatic carbocycles. The molecule has 7 heteroatoms. The first-order valence-corrected chi connectivity index (χ1v) is 4.95. The van der Waals surface area contributed by atoms with Gasteiger partial charge in [0, 0.05) is 21.2 Å². The lowest BCUT2D eigenvalue weighted by Crippen LogP contribution is -2.21. The topological polar surface area (TPSA) is 76.6 Å². The molecular formula is C10H16N4O3. The average Bonchev–Trinajstić information content (AvgIpc) is 2.29. The summed E-state index contributed by atoms with van der Waals surface area (Å²) in [6.07, 6.45) is 1.49. The molecule has 1 rings (SSSR count). The summed E-state index contributed by atoms with van der Waals surface area (Å²) in [5.41, 5.74) is 0.512. The van der Waals surface area contributed by atoms with Gasteiger partial charge in [-0.25, -0.2) is 4.98 Å². The molecule has 1 amide bonds. The zero-order valence-corrected chi connectivity index (χ0v) is 10.4. The first-order chi connectivity index (χ1) is 8.08. The third-order valence-corrected chi connectivity index (χ3v) is 1.90. The van der Waals surface area contributed by atoms with Gasteiger partial charge >= 0.3 is 6.01 Å². The summed E-state index contributed by atoms with van der Waals surface area (Å²) in [5.74, 6) is 0.311. The fourth-order valence-corrected chi connectivity index (χ4v) is 1.20. The molecule has 7 nitrogen and oxygen atoms in total. The number of hydrogen-bond donors (Lipinski definition) is 1. The zero-order valence-electron chi connectivity index (χ0n) is 10.4. The van der Waals surface area contributed by atoms with Crippen LogP contribution in [0.25, 0.3) is 0 Å². The number of ether oxygens (including phenoxy) is 2. The largest absolute Gasteiger partial charge is 0.467 e. The molecule has 17 heavy (non-hydrogen) atoms. The second kappa shape index (κ2) is 6.00. The number of carbonyl (C=O) groups excluding carboxylic acids is 1. The van der Waals surface area contributed by atoms with Crippen LogP contribution in [0.5, 0.6) is 6.01 Å². The molecule has 1 aromatic heterocycles. The van der Waals surface area contributed by atoms with E-state index < -0.39 is 0 Å². The predicted molar refractivity (Wildman–Crippen MR) is 63.4 cm³/mol. The summed E-state index contributed by atoms with van der Waals surface area (Å²) in [5, 5.41) is 2.66. The van der Waals surface area contributed by atoms with Gasteiger partial charge in [-0.2, -0.15) is 4.98 Å². The van der Waals surface area contributed by atoms with Gasteiger partial charge in [-0.05, 0) is 0 Å². The lowest BCUT2D eigenvalue weighted by Gasteiger charge is -2.16. The molecule has 0 spiro atoms. The number of carbonyl (C=O) groups is 1. The van der Waals surface area contributed by atoms with Crippen LogP contribution in [0.4, 0.5) is 11.5 Å². The van der Waals surface area contributed by atoms with E-state index >= 15 is 0 Å². The molecule has 0 aromatic carbocycles. The highest BCUT2D eigenvalue weighted by Gasteiger charge is 2.12. The summed E-state index contributed by atoms with van der Waals surface area (Å²) in [6.45, 7) is -0.0150. The van der Waals surface area contributed by atoms with Crippen molar-refractivity contribution in [2.45, 2.75) is 0 Å². The minimum Gasteiger partial charge on any atom is -0.467 e. The van der Waals surface area contributed by atoms with Gasteiger partial charge < -0.3 is 19.7 Å². The van der Waals surface area contributed by atoms with Crippen molar-refractivity contribution in [1.29, 1.82) is 0 Å². The van der Waals surface area contributed by atoms with Gasteiger partial charge in [0.25, 0.3) is 0 Å². The van der Waals surface area contributed by atoms with E-state index in [4.69, 9.17) is 9.47 Å². The molecule has 1 N–H and O–H groups in total. The lowest BCUT2D eigenvalue weighted by atomic mass is 10.4. The van der Waals surface area contributed by atoms with Crippen LogP contribution < -0.4 is 15.0 Å². The van der Waals surface area contributed by atoms with E-state index in [1.54, 1.807) is 4.90 Å². The number of hydrogen-bond acceptors (Lipinski definition) is 6. The summed E-state index contributed by atoms with van der Waals surface area (Å²) in [4.78, 5) is 21.2. The van der Waals surface area contributed by atoms with Crippen molar-refractivity contribution in [3.63, 3.8) is 0 Å². The minimum absolute atomic E-state index is 0.0150. The van der Waals surface area contributed by atoms with Gasteiger partial charge in [-0.1, -0.05) is 0 Å². The van der Waals surface area contributed by atoms with Crippen LogP contribution in [-0.4, -0.2) is 50.8 Å². The number of nitrogens with one attached hydrogen (secondary N) is 1. The number of nitrogens with zero attached hydrogens (tertiary/aromatic N) is 3. The number of anilines is 2. The van der Waals surface area contributed by atoms with Crippen molar-refractivity contribution in [2.75, 3.05) is 45.1 Å². The highest BCUT2D eigenvalue weighted by molar-refractivity contribution is 5.94. The van der Waals surface area contributed by atoms with Gasteiger partial charge in [-0.15, -0.1) is 0 Å². The lowest BCUT2D eigenvalue weighted by molar-refractivity contribution is -0.119. The van der Waals surface area contributed by atoms with Crippen LogP contribution in [0.3, 0.4) is 0 Å². The van der Waals surface area contributed by atoms with Crippen LogP contribution >= 0.6 is 0 Å². The molecule has 0 aliphatic heterocycles. The summed E-state index contributed by atoms with van der Waals surface area (Å²) in [7, 11) is 6.57. The Bertz CT molecular complexity index is 395. The molecule has 1 heterocycles. The smallest absolute Gasteiger partial charge is 0.318 e. The second-order valence-corrected chi connectivity index (χ2v) is 3.47. The van der Waals surface area contributed by atoms with Gasteiger partial charge in [-0.3, -0.25) is 4.79 Å². The molecule has 1 aromatic rings. The number of aromatic nitrogens is 2. The first-order valence-electron chi connectivity index (χ1n) is 4.95. The van der Waals surface area contributed by atoms with Crippen molar-refractivity contribution in [1.82, 2.24) is 9.97 Å². The Morgan fingerprint density at radius 3 is 2.71 bits per heavy atom. The predicted octanol–water partition coefficient (Wildman–Crippen LogP) is 0.136. The molecule has 0 saturated heterocycles. The van der Waals surface area contributed by atoms with Gasteiger partial charge in [0.1, 0.15) is 12.3 Å². The maximum absolute atomic E-state index is 11.4. The van der Waals surface area contributed by atoms with Crippen LogP contribution in [0.15, 0.2) is 6.20 Å². The van der Waals surface area contributed by atoms with E-state index in [1.165, 1.54) is 20.4 Å². The van der Waals surface area contributed by atoms with E-state index in [2.05, 4.69) is 15.3 Å². The third kappa shape index (κ3) is 3.56. The summed E-state index contributed by atoms with van der Waals surface area (Å²) >= 11 is 0. The van der Waals surface area contributed by atoms with Crippen molar-refractivity contribution in [2.24, 2.45) is 0 Å². The zero-order chi connectivity index (χ0) is 12.8. The van der Waals surface area contributed by atoms with Crippen LogP contribution in [0.1, 0.15) is 0 Å². The highest BCUT2D eigenvalue weighted by atomic mass is 16.5. The Hall–Kier alpha value is -1.89. The van der Waals surface area contributed by atoms with Crippen molar-refractivity contribution in [3.8, 4) is 6.01 Å². The number of amides is 1. The highest BCUT2D eigenvalue weighted by Crippen LogP contribution is 2.22. The van der Waals surface area contributed by atoms with Crippen LogP contribution in [0, 0.1) is 0 Å². The molecule has 0 fully saturated rings. The van der Waals surface area contributed by atoms with Crippen molar-refractivity contribution in [3.05, 3.63) is 6.20 Å². The monoisotopic (exact) mass is 240 g/mol. The minimum atomic E-state index is -0.260. The average molecular weight is 240 g/mol.